The highest BCUT2D eigenvalue weighted by Gasteiger charge is 2.62. The van der Waals surface area contributed by atoms with Crippen LogP contribution in [0.2, 0.25) is 0 Å². The molecule has 0 fully saturated rings. The van der Waals surface area contributed by atoms with Gasteiger partial charge in [-0.25, -0.2) is 18.4 Å². The van der Waals surface area contributed by atoms with Crippen molar-refractivity contribution in [2.75, 3.05) is 22.1 Å². The molecule has 4 aromatic rings. The van der Waals surface area contributed by atoms with Crippen LogP contribution in [0.5, 0.6) is 0 Å². The van der Waals surface area contributed by atoms with Crippen LogP contribution in [-0.4, -0.2) is 57.5 Å². The van der Waals surface area contributed by atoms with Crippen LogP contribution >= 0.6 is 0 Å². The second kappa shape index (κ2) is 16.5. The number of halogens is 8. The van der Waals surface area contributed by atoms with E-state index in [9.17, 15) is 64.5 Å². The maximum atomic E-state index is 13.9. The number of hydrogen-bond donors (Lipinski definition) is 6. The van der Waals surface area contributed by atoms with Gasteiger partial charge in [-0.2, -0.15) is 26.3 Å². The molecule has 12 nitrogen and oxygen atoms in total. The number of nitrogens with one attached hydrogen (secondary N) is 2. The number of fused-ring (bicyclic) bond motifs is 2. The second-order valence-corrected chi connectivity index (χ2v) is 16.1. The average Bonchev–Trinajstić information content (AvgIpc) is 3.72. The number of cyclic esters (lactones) is 2. The molecule has 0 aromatic heterocycles. The number of benzene rings is 4. The van der Waals surface area contributed by atoms with Gasteiger partial charge in [0.05, 0.1) is 11.1 Å². The zero-order chi connectivity index (χ0) is 46.4. The second-order valence-electron chi connectivity index (χ2n) is 16.1. The molecular weight excluding hydrogens is 840 g/mol. The molecule has 2 aliphatic rings. The molecule has 0 radical (unpaired) electrons. The van der Waals surface area contributed by atoms with Gasteiger partial charge in [-0.1, -0.05) is 27.7 Å². The minimum atomic E-state index is -5.34. The Morgan fingerprint density at radius 3 is 1.26 bits per heavy atom. The number of amides is 2. The molecule has 2 amide bonds. The lowest BCUT2D eigenvalue weighted by molar-refractivity contribution is -0.255. The van der Waals surface area contributed by atoms with Crippen molar-refractivity contribution in [1.29, 1.82) is 0 Å². The normalized spacial score (nSPS) is 15.8. The fraction of sp³-hybridized carbons (Fsp3) is 0.333. The lowest BCUT2D eigenvalue weighted by Gasteiger charge is -2.37. The van der Waals surface area contributed by atoms with Crippen LogP contribution in [-0.2, 0) is 43.1 Å². The van der Waals surface area contributed by atoms with Crippen LogP contribution in [0.25, 0.3) is 0 Å². The van der Waals surface area contributed by atoms with Gasteiger partial charge < -0.3 is 41.8 Å². The number of ether oxygens (including phenoxy) is 2. The minimum Gasteiger partial charge on any atom is -0.457 e. The topological polar surface area (TPSA) is 203 Å². The van der Waals surface area contributed by atoms with Gasteiger partial charge >= 0.3 is 24.3 Å². The lowest BCUT2D eigenvalue weighted by atomic mass is 9.74. The summed E-state index contributed by atoms with van der Waals surface area (Å²) in [6.07, 6.45) is -12.9. The van der Waals surface area contributed by atoms with Crippen LogP contribution in [0.3, 0.4) is 0 Å². The van der Waals surface area contributed by atoms with Crippen molar-refractivity contribution >= 4 is 46.5 Å². The smallest absolute Gasteiger partial charge is 0.426 e. The minimum absolute atomic E-state index is 0.0242. The van der Waals surface area contributed by atoms with Crippen molar-refractivity contribution in [3.63, 3.8) is 0 Å². The van der Waals surface area contributed by atoms with Crippen molar-refractivity contribution in [3.8, 4) is 0 Å². The summed E-state index contributed by atoms with van der Waals surface area (Å²) in [6, 6.07) is 14.1. The number of alkyl halides is 6. The molecule has 0 aliphatic carbocycles. The molecule has 20 heteroatoms. The number of anilines is 4. The summed E-state index contributed by atoms with van der Waals surface area (Å²) in [5, 5.41) is 25.1. The molecule has 8 N–H and O–H groups in total. The third kappa shape index (κ3) is 9.45. The van der Waals surface area contributed by atoms with E-state index in [1.54, 1.807) is 0 Å². The molecule has 4 aromatic carbocycles. The molecule has 2 unspecified atom stereocenters. The molecule has 0 saturated heterocycles. The predicted molar refractivity (Wildman–Crippen MR) is 207 cm³/mol. The first-order valence-electron chi connectivity index (χ1n) is 18.4. The predicted octanol–water partition coefficient (Wildman–Crippen LogP) is 7.36. The summed E-state index contributed by atoms with van der Waals surface area (Å²) in [7, 11) is 0. The van der Waals surface area contributed by atoms with E-state index in [1.807, 2.05) is 0 Å². The van der Waals surface area contributed by atoms with E-state index < -0.39 is 82.6 Å². The molecule has 0 spiro atoms. The third-order valence-corrected chi connectivity index (χ3v) is 10.5. The number of nitrogen functional groups attached to an aromatic ring is 2. The summed E-state index contributed by atoms with van der Waals surface area (Å²) in [5.74, 6) is -6.01. The Kier molecular flexibility index (Phi) is 12.5. The number of carbonyl (C=O) groups excluding carboxylic acids is 4. The van der Waals surface area contributed by atoms with Crippen molar-refractivity contribution in [3.05, 3.63) is 118 Å². The number of hydrogen-bond acceptors (Lipinski definition) is 10. The molecule has 2 aliphatic heterocycles. The zero-order valence-corrected chi connectivity index (χ0v) is 33.3. The van der Waals surface area contributed by atoms with Gasteiger partial charge in [-0.3, -0.25) is 9.59 Å². The van der Waals surface area contributed by atoms with E-state index in [-0.39, 0.29) is 58.2 Å². The first-order valence-corrected chi connectivity index (χ1v) is 18.4. The first-order chi connectivity index (χ1) is 28.5. The van der Waals surface area contributed by atoms with Gasteiger partial charge in [0, 0.05) is 46.7 Å². The first kappa shape index (κ1) is 46.8. The van der Waals surface area contributed by atoms with Crippen LogP contribution in [0.15, 0.2) is 72.8 Å². The van der Waals surface area contributed by atoms with Crippen molar-refractivity contribution in [1.82, 2.24) is 0 Å². The van der Waals surface area contributed by atoms with Crippen LogP contribution < -0.4 is 22.1 Å². The van der Waals surface area contributed by atoms with E-state index in [4.69, 9.17) is 20.9 Å². The summed E-state index contributed by atoms with van der Waals surface area (Å²) in [6.45, 7) is 5.13. The molecule has 2 atom stereocenters. The monoisotopic (exact) mass is 880 g/mol. The maximum Gasteiger partial charge on any atom is 0.426 e. The highest BCUT2D eigenvalue weighted by Crippen LogP contribution is 2.45. The molecule has 6 rings (SSSR count). The summed E-state index contributed by atoms with van der Waals surface area (Å²) < 4.78 is 120. The van der Waals surface area contributed by atoms with Gasteiger partial charge in [0.15, 0.2) is 0 Å². The van der Waals surface area contributed by atoms with Gasteiger partial charge in [0.1, 0.15) is 24.8 Å². The summed E-state index contributed by atoms with van der Waals surface area (Å²) >= 11 is 0. The van der Waals surface area contributed by atoms with Crippen LogP contribution in [0.1, 0.15) is 83.5 Å². The molecule has 62 heavy (non-hydrogen) atoms. The Morgan fingerprint density at radius 1 is 0.597 bits per heavy atom. The quantitative estimate of drug-likeness (QED) is 0.0531. The number of rotatable bonds is 10. The van der Waals surface area contributed by atoms with E-state index in [0.29, 0.717) is 11.1 Å². The maximum absolute atomic E-state index is 13.9. The van der Waals surface area contributed by atoms with E-state index in [0.717, 1.165) is 24.3 Å². The summed E-state index contributed by atoms with van der Waals surface area (Å²) in [5.41, 5.74) is 2.22. The fourth-order valence-electron chi connectivity index (χ4n) is 7.21. The molecular formula is C42H40F8N4O8. The number of esters is 2. The Hall–Kier alpha value is -6.28. The van der Waals surface area contributed by atoms with Crippen LogP contribution in [0, 0.1) is 11.6 Å². The van der Waals surface area contributed by atoms with Crippen molar-refractivity contribution in [2.24, 2.45) is 0 Å². The Balaban J connectivity index is 0.000000234. The number of nitrogens with two attached hydrogens (primary N) is 2. The van der Waals surface area contributed by atoms with E-state index in [2.05, 4.69) is 10.6 Å². The Labute approximate surface area is 348 Å². The standard InChI is InChI=1S/2C21H20F4N2O4/c2*1-19(2,15-8-12(22)3-6-16(15)26)10-20(30,21(23,24)25)18(29)27-13-4-5-14-11(7-13)9-31-17(14)28/h2*3-8,30H,9-10,26H2,1-2H3,(H,27,29). The SMILES string of the molecule is CC(C)(CC(O)(C(=O)Nc1ccc2c(c1)COC2=O)C(F)(F)F)c1cc(F)ccc1N.CC(C)(CC(O)(C(=O)Nc1ccc2c(c1)COC2=O)C(F)(F)F)c1cc(F)ccc1N. The van der Waals surface area contributed by atoms with Crippen molar-refractivity contribution in [2.45, 2.75) is 88.1 Å². The van der Waals surface area contributed by atoms with Gasteiger partial charge in [0.25, 0.3) is 11.8 Å². The summed E-state index contributed by atoms with van der Waals surface area (Å²) in [4.78, 5) is 48.2. The largest absolute Gasteiger partial charge is 0.457 e. The van der Waals surface area contributed by atoms with E-state index >= 15 is 0 Å². The third-order valence-electron chi connectivity index (χ3n) is 10.5. The number of aliphatic hydroxyl groups is 2. The van der Waals surface area contributed by atoms with Gasteiger partial charge in [-0.05, 0) is 94.8 Å². The van der Waals surface area contributed by atoms with Crippen molar-refractivity contribution < 1.29 is 74.0 Å². The molecule has 332 valence electrons. The van der Waals surface area contributed by atoms with Crippen LogP contribution in [0.4, 0.5) is 57.9 Å². The van der Waals surface area contributed by atoms with Gasteiger partial charge in [0.2, 0.25) is 11.2 Å². The molecule has 0 bridgehead atoms. The molecule has 2 heterocycles. The fourth-order valence-corrected chi connectivity index (χ4v) is 7.21. The Morgan fingerprint density at radius 2 is 0.935 bits per heavy atom. The molecule has 0 saturated carbocycles. The lowest BCUT2D eigenvalue weighted by Crippen LogP contribution is -2.57. The Bertz CT molecular complexity index is 2270. The van der Waals surface area contributed by atoms with E-state index in [1.165, 1.54) is 76.2 Å². The average molecular weight is 881 g/mol. The number of carbonyl (C=O) groups is 4. The van der Waals surface area contributed by atoms with Gasteiger partial charge in [-0.15, -0.1) is 0 Å². The highest BCUT2D eigenvalue weighted by atomic mass is 19.4. The zero-order valence-electron chi connectivity index (χ0n) is 33.3. The highest BCUT2D eigenvalue weighted by molar-refractivity contribution is 6.00.